The van der Waals surface area contributed by atoms with Gasteiger partial charge in [-0.2, -0.15) is 0 Å². The van der Waals surface area contributed by atoms with E-state index in [1.165, 1.54) is 0 Å². The Morgan fingerprint density at radius 2 is 2.05 bits per heavy atom. The van der Waals surface area contributed by atoms with Gasteiger partial charge in [0.15, 0.2) is 0 Å². The highest BCUT2D eigenvalue weighted by Crippen LogP contribution is 2.25. The zero-order valence-corrected chi connectivity index (χ0v) is 13.9. The molecule has 0 spiro atoms. The summed E-state index contributed by atoms with van der Waals surface area (Å²) in [6.45, 7) is 9.92. The highest BCUT2D eigenvalue weighted by Gasteiger charge is 2.28. The van der Waals surface area contributed by atoms with Crippen molar-refractivity contribution in [3.8, 4) is 0 Å². The summed E-state index contributed by atoms with van der Waals surface area (Å²) < 4.78 is 5.83. The second-order valence-corrected chi connectivity index (χ2v) is 6.85. The van der Waals surface area contributed by atoms with Crippen LogP contribution in [0.5, 0.6) is 0 Å². The van der Waals surface area contributed by atoms with Gasteiger partial charge in [-0.1, -0.05) is 27.7 Å². The average Bonchev–Trinajstić information content (AvgIpc) is 2.44. The molecule has 3 unspecified atom stereocenters. The number of nitrogens with one attached hydrogen (secondary N) is 2. The molecule has 0 aromatic heterocycles. The maximum Gasteiger partial charge on any atom is 0.315 e. The Balaban J connectivity index is 2.37. The van der Waals surface area contributed by atoms with Crippen molar-refractivity contribution < 1.29 is 14.6 Å². The van der Waals surface area contributed by atoms with Gasteiger partial charge in [0.05, 0.1) is 18.8 Å². The van der Waals surface area contributed by atoms with E-state index in [2.05, 4.69) is 38.3 Å². The van der Waals surface area contributed by atoms with Crippen LogP contribution in [0.1, 0.15) is 47.0 Å². The number of aliphatic hydroxyl groups is 1. The molecule has 1 rings (SSSR count). The van der Waals surface area contributed by atoms with Crippen LogP contribution < -0.4 is 10.6 Å². The van der Waals surface area contributed by atoms with Crippen molar-refractivity contribution in [2.24, 2.45) is 17.8 Å². The van der Waals surface area contributed by atoms with Crippen LogP contribution in [0.15, 0.2) is 0 Å². The third-order valence-electron chi connectivity index (χ3n) is 3.99. The molecule has 1 aliphatic rings. The molecule has 0 radical (unpaired) electrons. The normalized spacial score (nSPS) is 24.1. The van der Waals surface area contributed by atoms with Gasteiger partial charge in [-0.15, -0.1) is 0 Å². The first-order chi connectivity index (χ1) is 9.93. The van der Waals surface area contributed by atoms with E-state index in [0.29, 0.717) is 24.3 Å². The predicted octanol–water partition coefficient (Wildman–Crippen LogP) is 2.14. The van der Waals surface area contributed by atoms with Gasteiger partial charge in [0.2, 0.25) is 0 Å². The molecule has 0 bridgehead atoms. The lowest BCUT2D eigenvalue weighted by Crippen LogP contribution is -2.48. The number of carbonyl (C=O) groups excluding carboxylic acids is 1. The van der Waals surface area contributed by atoms with Gasteiger partial charge < -0.3 is 20.5 Å². The van der Waals surface area contributed by atoms with Gasteiger partial charge in [-0.05, 0) is 31.1 Å². The number of hydrogen-bond acceptors (Lipinski definition) is 3. The first kappa shape index (κ1) is 18.2. The Morgan fingerprint density at radius 3 is 2.62 bits per heavy atom. The van der Waals surface area contributed by atoms with Crippen LogP contribution in [0.3, 0.4) is 0 Å². The zero-order valence-electron chi connectivity index (χ0n) is 13.9. The third-order valence-corrected chi connectivity index (χ3v) is 3.99. The van der Waals surface area contributed by atoms with Crippen molar-refractivity contribution in [1.29, 1.82) is 0 Å². The molecule has 3 N–H and O–H groups in total. The van der Waals surface area contributed by atoms with E-state index in [4.69, 9.17) is 4.74 Å². The molecule has 3 atom stereocenters. The second kappa shape index (κ2) is 9.26. The molecule has 0 aromatic carbocycles. The number of carbonyl (C=O) groups is 1. The number of urea groups is 1. The Labute approximate surface area is 128 Å². The fraction of sp³-hybridized carbons (Fsp3) is 0.938. The number of ether oxygens (including phenoxy) is 1. The second-order valence-electron chi connectivity index (χ2n) is 6.85. The van der Waals surface area contributed by atoms with Crippen molar-refractivity contribution in [3.63, 3.8) is 0 Å². The smallest absolute Gasteiger partial charge is 0.315 e. The highest BCUT2D eigenvalue weighted by atomic mass is 16.5. The van der Waals surface area contributed by atoms with E-state index in [0.717, 1.165) is 25.9 Å². The van der Waals surface area contributed by atoms with Gasteiger partial charge in [-0.25, -0.2) is 4.79 Å². The average molecular weight is 300 g/mol. The minimum Gasteiger partial charge on any atom is -0.394 e. The third kappa shape index (κ3) is 6.66. The Hall–Kier alpha value is -0.810. The molecular weight excluding hydrogens is 268 g/mol. The van der Waals surface area contributed by atoms with Crippen molar-refractivity contribution in [1.82, 2.24) is 10.6 Å². The maximum absolute atomic E-state index is 11.9. The van der Waals surface area contributed by atoms with Crippen LogP contribution in [-0.2, 0) is 4.74 Å². The van der Waals surface area contributed by atoms with Crippen LogP contribution in [0.25, 0.3) is 0 Å². The molecule has 0 aromatic rings. The fourth-order valence-corrected chi connectivity index (χ4v) is 3.03. The molecule has 124 valence electrons. The standard InChI is InChI=1S/C16H32N2O3/c1-11(2)8-14(10-19)18-16(20)17-9-13-6-5-7-21-15(13)12(3)4/h11-15,19H,5-10H2,1-4H3,(H2,17,18,20). The summed E-state index contributed by atoms with van der Waals surface area (Å²) in [6, 6.07) is -0.365. The zero-order chi connectivity index (χ0) is 15.8. The lowest BCUT2D eigenvalue weighted by Gasteiger charge is -2.34. The van der Waals surface area contributed by atoms with Crippen molar-refractivity contribution in [2.45, 2.75) is 59.1 Å². The Kier molecular flexibility index (Phi) is 8.04. The van der Waals surface area contributed by atoms with Crippen molar-refractivity contribution in [3.05, 3.63) is 0 Å². The molecule has 2 amide bonds. The summed E-state index contributed by atoms with van der Waals surface area (Å²) >= 11 is 0. The van der Waals surface area contributed by atoms with E-state index in [9.17, 15) is 9.90 Å². The number of hydrogen-bond donors (Lipinski definition) is 3. The number of aliphatic hydroxyl groups excluding tert-OH is 1. The molecule has 1 aliphatic heterocycles. The summed E-state index contributed by atoms with van der Waals surface area (Å²) in [5.41, 5.74) is 0. The Bertz CT molecular complexity index is 308. The van der Waals surface area contributed by atoms with Crippen molar-refractivity contribution >= 4 is 6.03 Å². The van der Waals surface area contributed by atoms with Gasteiger partial charge in [0.1, 0.15) is 0 Å². The van der Waals surface area contributed by atoms with E-state index in [1.54, 1.807) is 0 Å². The summed E-state index contributed by atoms with van der Waals surface area (Å²) in [5, 5.41) is 15.1. The van der Waals surface area contributed by atoms with Crippen LogP contribution in [0, 0.1) is 17.8 Å². The Morgan fingerprint density at radius 1 is 1.33 bits per heavy atom. The minimum atomic E-state index is -0.192. The van der Waals surface area contributed by atoms with E-state index < -0.39 is 0 Å². The first-order valence-corrected chi connectivity index (χ1v) is 8.20. The van der Waals surface area contributed by atoms with Crippen LogP contribution in [0.2, 0.25) is 0 Å². The maximum atomic E-state index is 11.9. The highest BCUT2D eigenvalue weighted by molar-refractivity contribution is 5.74. The van der Waals surface area contributed by atoms with E-state index in [1.807, 2.05) is 0 Å². The quantitative estimate of drug-likeness (QED) is 0.674. The van der Waals surface area contributed by atoms with Gasteiger partial charge in [0, 0.05) is 19.1 Å². The van der Waals surface area contributed by atoms with Crippen molar-refractivity contribution in [2.75, 3.05) is 19.8 Å². The molecule has 5 heteroatoms. The largest absolute Gasteiger partial charge is 0.394 e. The van der Waals surface area contributed by atoms with Crippen LogP contribution in [0.4, 0.5) is 4.79 Å². The summed E-state index contributed by atoms with van der Waals surface area (Å²) in [7, 11) is 0. The van der Waals surface area contributed by atoms with E-state index >= 15 is 0 Å². The molecule has 1 fully saturated rings. The summed E-state index contributed by atoms with van der Waals surface area (Å²) in [5.74, 6) is 1.29. The SMILES string of the molecule is CC(C)CC(CO)NC(=O)NCC1CCCOC1C(C)C. The first-order valence-electron chi connectivity index (χ1n) is 8.20. The lowest BCUT2D eigenvalue weighted by atomic mass is 9.87. The predicted molar refractivity (Wildman–Crippen MR) is 84.2 cm³/mol. The summed E-state index contributed by atoms with van der Waals surface area (Å²) in [6.07, 6.45) is 3.16. The fourth-order valence-electron chi connectivity index (χ4n) is 3.03. The monoisotopic (exact) mass is 300 g/mol. The molecule has 1 heterocycles. The molecule has 0 aliphatic carbocycles. The topological polar surface area (TPSA) is 70.6 Å². The lowest BCUT2D eigenvalue weighted by molar-refractivity contribution is -0.0508. The molecular formula is C16H32N2O3. The molecule has 0 saturated carbocycles. The molecule has 5 nitrogen and oxygen atoms in total. The van der Waals surface area contributed by atoms with Gasteiger partial charge in [0.25, 0.3) is 0 Å². The summed E-state index contributed by atoms with van der Waals surface area (Å²) in [4.78, 5) is 11.9. The van der Waals surface area contributed by atoms with Gasteiger partial charge in [-0.3, -0.25) is 0 Å². The van der Waals surface area contributed by atoms with E-state index in [-0.39, 0.29) is 24.8 Å². The van der Waals surface area contributed by atoms with Gasteiger partial charge >= 0.3 is 6.03 Å². The minimum absolute atomic E-state index is 0.0211. The van der Waals surface area contributed by atoms with Crippen LogP contribution in [-0.4, -0.2) is 43.0 Å². The van der Waals surface area contributed by atoms with Crippen LogP contribution >= 0.6 is 0 Å². The number of amides is 2. The number of rotatable bonds is 7. The molecule has 1 saturated heterocycles. The molecule has 21 heavy (non-hydrogen) atoms.